The summed E-state index contributed by atoms with van der Waals surface area (Å²) >= 11 is 3.48. The second kappa shape index (κ2) is 4.93. The summed E-state index contributed by atoms with van der Waals surface area (Å²) in [5, 5.41) is 9.52. The van der Waals surface area contributed by atoms with E-state index in [2.05, 4.69) is 26.7 Å². The van der Waals surface area contributed by atoms with Crippen LogP contribution in [0.3, 0.4) is 0 Å². The highest BCUT2D eigenvalue weighted by molar-refractivity contribution is 7.99. The van der Waals surface area contributed by atoms with Gasteiger partial charge in [0, 0.05) is 18.0 Å². The van der Waals surface area contributed by atoms with E-state index in [1.165, 1.54) is 35.9 Å². The second-order valence-electron chi connectivity index (χ2n) is 3.16. The van der Waals surface area contributed by atoms with Gasteiger partial charge in [-0.3, -0.25) is 0 Å². The summed E-state index contributed by atoms with van der Waals surface area (Å²) in [6, 6.07) is 0.697. The van der Waals surface area contributed by atoms with E-state index in [4.69, 9.17) is 0 Å². The highest BCUT2D eigenvalue weighted by Crippen LogP contribution is 2.17. The molecule has 0 aromatic carbocycles. The molecule has 2 heterocycles. The first-order valence-corrected chi connectivity index (χ1v) is 6.51. The van der Waals surface area contributed by atoms with Crippen molar-refractivity contribution in [3.63, 3.8) is 0 Å². The van der Waals surface area contributed by atoms with Crippen LogP contribution in [0.15, 0.2) is 5.38 Å². The van der Waals surface area contributed by atoms with Gasteiger partial charge in [-0.1, -0.05) is 4.49 Å². The summed E-state index contributed by atoms with van der Waals surface area (Å²) in [7, 11) is 0. The molecule has 0 aliphatic carbocycles. The first kappa shape index (κ1) is 9.43. The summed E-state index contributed by atoms with van der Waals surface area (Å²) in [5.41, 5.74) is 1.07. The van der Waals surface area contributed by atoms with E-state index in [0.717, 1.165) is 12.2 Å². The maximum atomic E-state index is 4.00. The number of thioether (sulfide) groups is 1. The molecule has 0 amide bonds. The van der Waals surface area contributed by atoms with Gasteiger partial charge in [0.05, 0.1) is 5.69 Å². The molecule has 13 heavy (non-hydrogen) atoms. The molecule has 1 saturated heterocycles. The lowest BCUT2D eigenvalue weighted by Crippen LogP contribution is -2.32. The van der Waals surface area contributed by atoms with Gasteiger partial charge in [-0.2, -0.15) is 11.8 Å². The van der Waals surface area contributed by atoms with Crippen LogP contribution < -0.4 is 5.32 Å². The third kappa shape index (κ3) is 2.93. The quantitative estimate of drug-likeness (QED) is 0.829. The maximum absolute atomic E-state index is 4.00. The van der Waals surface area contributed by atoms with Gasteiger partial charge < -0.3 is 5.32 Å². The van der Waals surface area contributed by atoms with Crippen molar-refractivity contribution in [1.82, 2.24) is 14.9 Å². The Morgan fingerprint density at radius 1 is 1.46 bits per heavy atom. The van der Waals surface area contributed by atoms with Crippen molar-refractivity contribution in [1.29, 1.82) is 0 Å². The average molecular weight is 215 g/mol. The van der Waals surface area contributed by atoms with Crippen molar-refractivity contribution in [2.24, 2.45) is 0 Å². The summed E-state index contributed by atoms with van der Waals surface area (Å²) in [5.74, 6) is 2.60. The lowest BCUT2D eigenvalue weighted by Gasteiger charge is -2.21. The highest BCUT2D eigenvalue weighted by Gasteiger charge is 2.12. The largest absolute Gasteiger partial charge is 0.308 e. The molecular formula is C8H13N3S2. The summed E-state index contributed by atoms with van der Waals surface area (Å²) in [6.07, 6.45) is 2.59. The average Bonchev–Trinajstić information content (AvgIpc) is 2.69. The first-order valence-electron chi connectivity index (χ1n) is 4.52. The van der Waals surface area contributed by atoms with Crippen LogP contribution in [0.25, 0.3) is 0 Å². The predicted molar refractivity (Wildman–Crippen MR) is 57.1 cm³/mol. The van der Waals surface area contributed by atoms with Crippen LogP contribution in [-0.2, 0) is 6.54 Å². The van der Waals surface area contributed by atoms with Gasteiger partial charge in [0.15, 0.2) is 0 Å². The molecule has 1 N–H and O–H groups in total. The molecule has 2 rings (SSSR count). The van der Waals surface area contributed by atoms with E-state index in [1.807, 2.05) is 5.38 Å². The Hall–Kier alpha value is -0.130. The Labute approximate surface area is 86.5 Å². The van der Waals surface area contributed by atoms with E-state index < -0.39 is 0 Å². The zero-order chi connectivity index (χ0) is 8.93. The Bertz CT molecular complexity index is 232. The van der Waals surface area contributed by atoms with Gasteiger partial charge in [-0.25, -0.2) is 0 Å². The molecule has 0 saturated carbocycles. The molecular weight excluding hydrogens is 202 g/mol. The molecule has 1 aromatic heterocycles. The van der Waals surface area contributed by atoms with Crippen LogP contribution in [0.2, 0.25) is 0 Å². The summed E-state index contributed by atoms with van der Waals surface area (Å²) < 4.78 is 3.83. The van der Waals surface area contributed by atoms with E-state index in [9.17, 15) is 0 Å². The van der Waals surface area contributed by atoms with E-state index >= 15 is 0 Å². The SMILES string of the molecule is c1snnc1CNC1CCSCC1. The minimum Gasteiger partial charge on any atom is -0.308 e. The number of hydrogen-bond donors (Lipinski definition) is 1. The van der Waals surface area contributed by atoms with Crippen LogP contribution in [0, 0.1) is 0 Å². The van der Waals surface area contributed by atoms with Crippen LogP contribution in [0.5, 0.6) is 0 Å². The lowest BCUT2D eigenvalue weighted by molar-refractivity contribution is 0.478. The smallest absolute Gasteiger partial charge is 0.0893 e. The van der Waals surface area contributed by atoms with Crippen LogP contribution in [0.1, 0.15) is 18.5 Å². The summed E-state index contributed by atoms with van der Waals surface area (Å²) in [4.78, 5) is 0. The fourth-order valence-corrected chi connectivity index (χ4v) is 2.97. The van der Waals surface area contributed by atoms with Crippen molar-refractivity contribution < 1.29 is 0 Å². The molecule has 1 fully saturated rings. The number of nitrogens with zero attached hydrogens (tertiary/aromatic N) is 2. The van der Waals surface area contributed by atoms with E-state index in [-0.39, 0.29) is 0 Å². The molecule has 72 valence electrons. The van der Waals surface area contributed by atoms with Crippen molar-refractivity contribution in [2.45, 2.75) is 25.4 Å². The molecule has 5 heteroatoms. The minimum atomic E-state index is 0.697. The molecule has 0 atom stereocenters. The molecule has 1 aromatic rings. The number of nitrogens with one attached hydrogen (secondary N) is 1. The monoisotopic (exact) mass is 215 g/mol. The molecule has 0 unspecified atom stereocenters. The van der Waals surface area contributed by atoms with Gasteiger partial charge in [-0.15, -0.1) is 5.10 Å². The molecule has 0 radical (unpaired) electrons. The number of aromatic nitrogens is 2. The van der Waals surface area contributed by atoms with Crippen molar-refractivity contribution in [2.75, 3.05) is 11.5 Å². The zero-order valence-electron chi connectivity index (χ0n) is 7.40. The van der Waals surface area contributed by atoms with Gasteiger partial charge in [0.25, 0.3) is 0 Å². The zero-order valence-corrected chi connectivity index (χ0v) is 9.03. The van der Waals surface area contributed by atoms with E-state index in [0.29, 0.717) is 6.04 Å². The number of hydrogen-bond acceptors (Lipinski definition) is 5. The minimum absolute atomic E-state index is 0.697. The van der Waals surface area contributed by atoms with E-state index in [1.54, 1.807) is 0 Å². The Morgan fingerprint density at radius 2 is 2.31 bits per heavy atom. The second-order valence-corrected chi connectivity index (χ2v) is 5.00. The molecule has 0 spiro atoms. The van der Waals surface area contributed by atoms with Gasteiger partial charge in [0.1, 0.15) is 0 Å². The Kier molecular flexibility index (Phi) is 3.57. The highest BCUT2D eigenvalue weighted by atomic mass is 32.2. The topological polar surface area (TPSA) is 37.8 Å². The first-order chi connectivity index (χ1) is 6.45. The third-order valence-corrected chi connectivity index (χ3v) is 3.80. The molecule has 0 bridgehead atoms. The van der Waals surface area contributed by atoms with Crippen LogP contribution >= 0.6 is 23.3 Å². The third-order valence-electron chi connectivity index (χ3n) is 2.20. The summed E-state index contributed by atoms with van der Waals surface area (Å²) in [6.45, 7) is 0.881. The fraction of sp³-hybridized carbons (Fsp3) is 0.750. The van der Waals surface area contributed by atoms with Crippen LogP contribution in [-0.4, -0.2) is 27.1 Å². The Morgan fingerprint density at radius 3 is 3.00 bits per heavy atom. The van der Waals surface area contributed by atoms with Gasteiger partial charge in [0.2, 0.25) is 0 Å². The standard InChI is InChI=1S/C8H13N3S2/c1-3-12-4-2-7(1)9-5-8-6-13-11-10-8/h6-7,9H,1-5H2. The van der Waals surface area contributed by atoms with Gasteiger partial charge >= 0.3 is 0 Å². The van der Waals surface area contributed by atoms with Crippen molar-refractivity contribution in [3.8, 4) is 0 Å². The van der Waals surface area contributed by atoms with Crippen molar-refractivity contribution in [3.05, 3.63) is 11.1 Å². The van der Waals surface area contributed by atoms with Gasteiger partial charge in [-0.05, 0) is 35.9 Å². The molecule has 1 aliphatic rings. The maximum Gasteiger partial charge on any atom is 0.0893 e. The van der Waals surface area contributed by atoms with Crippen LogP contribution in [0.4, 0.5) is 0 Å². The van der Waals surface area contributed by atoms with Crippen molar-refractivity contribution >= 4 is 23.3 Å². The Balaban J connectivity index is 1.72. The molecule has 1 aliphatic heterocycles. The lowest BCUT2D eigenvalue weighted by atomic mass is 10.1. The molecule has 3 nitrogen and oxygen atoms in total. The fourth-order valence-electron chi connectivity index (χ4n) is 1.41. The predicted octanol–water partition coefficient (Wildman–Crippen LogP) is 1.52. The number of rotatable bonds is 3. The normalized spacial score (nSPS) is 19.1.